The molecule has 53 heavy (non-hydrogen) atoms. The number of fused-ring (bicyclic) bond motifs is 2. The largest absolute Gasteiger partial charge is 0.494 e. The zero-order chi connectivity index (χ0) is 37.8. The average Bonchev–Trinajstić information content (AvgIpc) is 3.88. The number of aryl methyl sites for hydroxylation is 6. The van der Waals surface area contributed by atoms with Crippen molar-refractivity contribution in [3.63, 3.8) is 0 Å². The van der Waals surface area contributed by atoms with E-state index in [9.17, 15) is 14.7 Å². The second kappa shape index (κ2) is 15.7. The van der Waals surface area contributed by atoms with Gasteiger partial charge >= 0.3 is 0 Å². The van der Waals surface area contributed by atoms with Crippen LogP contribution in [-0.4, -0.2) is 75.1 Å². The van der Waals surface area contributed by atoms with Crippen molar-refractivity contribution in [3.05, 3.63) is 94.7 Å². The number of nitrogens with zero attached hydrogens (tertiary/aromatic N) is 10. The fourth-order valence-electron chi connectivity index (χ4n) is 6.60. The van der Waals surface area contributed by atoms with Crippen molar-refractivity contribution >= 4 is 33.9 Å². The summed E-state index contributed by atoms with van der Waals surface area (Å²) in [5.74, 6) is 0.445. The molecule has 15 heteroatoms. The molecule has 15 nitrogen and oxygen atoms in total. The summed E-state index contributed by atoms with van der Waals surface area (Å²) < 4.78 is 22.8. The number of rotatable bonds is 13. The average molecular weight is 723 g/mol. The van der Waals surface area contributed by atoms with Crippen molar-refractivity contribution in [2.24, 2.45) is 24.1 Å². The van der Waals surface area contributed by atoms with Crippen LogP contribution in [0.1, 0.15) is 52.6 Å². The Morgan fingerprint density at radius 3 is 1.70 bits per heavy atom. The molecule has 0 saturated carbocycles. The molecule has 2 amide bonds. The molecule has 1 N–H and O–H groups in total. The van der Waals surface area contributed by atoms with E-state index in [0.29, 0.717) is 73.3 Å². The van der Waals surface area contributed by atoms with Gasteiger partial charge in [-0.05, 0) is 64.1 Å². The zero-order valence-corrected chi connectivity index (χ0v) is 31.3. The number of benzene rings is 2. The van der Waals surface area contributed by atoms with Crippen LogP contribution in [0.25, 0.3) is 22.1 Å². The van der Waals surface area contributed by atoms with Gasteiger partial charge in [-0.25, -0.2) is 0 Å². The number of para-hydroxylation sites is 2. The Kier molecular flexibility index (Phi) is 10.9. The first-order chi connectivity index (χ1) is 25.6. The van der Waals surface area contributed by atoms with Gasteiger partial charge in [0.15, 0.2) is 0 Å². The van der Waals surface area contributed by atoms with Crippen molar-refractivity contribution in [2.45, 2.75) is 60.3 Å². The quantitative estimate of drug-likeness (QED) is 0.141. The number of hydrogen-bond acceptors (Lipinski definition) is 7. The standard InChI is InChI=1S/C38H46N10O5/c1-8-47-29(23-25(3)41-47)35(50)39-37-43(5)27-15-12-17-31(52-7)33(27)45(37)19-10-11-20-46-34-28(16-13-18-32(34)53-22-14-21-49)44(6)38(46)40-36(51)30-24-26(4)42-48(30)9-2/h10-13,15-18,23-24,49H,8-9,14,19-22H2,1-7H3/b11-10+,39-37?,40-38?. The minimum absolute atomic E-state index is 0.00544. The summed E-state index contributed by atoms with van der Waals surface area (Å²) in [5.41, 5.74) is 6.38. The number of imidazole rings is 2. The molecule has 6 rings (SSSR count). The molecule has 0 radical (unpaired) electrons. The highest BCUT2D eigenvalue weighted by Crippen LogP contribution is 2.26. The number of hydrogen-bond donors (Lipinski definition) is 1. The first-order valence-electron chi connectivity index (χ1n) is 17.7. The zero-order valence-electron chi connectivity index (χ0n) is 31.3. The molecule has 0 spiro atoms. The Labute approximate surface area is 306 Å². The lowest BCUT2D eigenvalue weighted by atomic mass is 10.2. The van der Waals surface area contributed by atoms with E-state index in [0.717, 1.165) is 33.5 Å². The second-order valence-electron chi connectivity index (χ2n) is 12.6. The molecule has 0 saturated heterocycles. The van der Waals surface area contributed by atoms with E-state index < -0.39 is 11.8 Å². The van der Waals surface area contributed by atoms with Crippen molar-refractivity contribution in [1.29, 1.82) is 0 Å². The Bertz CT molecular complexity index is 2480. The minimum Gasteiger partial charge on any atom is -0.494 e. The van der Waals surface area contributed by atoms with Gasteiger partial charge in [-0.15, -0.1) is 0 Å². The van der Waals surface area contributed by atoms with Crippen LogP contribution in [0.4, 0.5) is 0 Å². The van der Waals surface area contributed by atoms with Crippen molar-refractivity contribution < 1.29 is 24.2 Å². The fourth-order valence-corrected chi connectivity index (χ4v) is 6.60. The van der Waals surface area contributed by atoms with Crippen LogP contribution in [0, 0.1) is 13.8 Å². The number of allylic oxidation sites excluding steroid dienone is 2. The highest BCUT2D eigenvalue weighted by atomic mass is 16.5. The molecule has 0 aliphatic carbocycles. The predicted molar refractivity (Wildman–Crippen MR) is 200 cm³/mol. The van der Waals surface area contributed by atoms with Crippen LogP contribution >= 0.6 is 0 Å². The number of aliphatic hydroxyl groups is 1. The van der Waals surface area contributed by atoms with Crippen LogP contribution in [-0.2, 0) is 40.3 Å². The molecule has 0 aliphatic rings. The van der Waals surface area contributed by atoms with Crippen LogP contribution in [0.15, 0.2) is 70.7 Å². The molecule has 4 heterocycles. The molecule has 278 valence electrons. The van der Waals surface area contributed by atoms with Gasteiger partial charge in [-0.1, -0.05) is 24.3 Å². The van der Waals surface area contributed by atoms with Gasteiger partial charge in [0.2, 0.25) is 11.2 Å². The lowest BCUT2D eigenvalue weighted by Crippen LogP contribution is -2.27. The van der Waals surface area contributed by atoms with E-state index >= 15 is 0 Å². The number of aliphatic hydroxyl groups excluding tert-OH is 1. The van der Waals surface area contributed by atoms with Gasteiger partial charge in [0.25, 0.3) is 11.8 Å². The minimum atomic E-state index is -0.409. The maximum absolute atomic E-state index is 13.7. The summed E-state index contributed by atoms with van der Waals surface area (Å²) in [6, 6.07) is 14.9. The topological polar surface area (TPSA) is 153 Å². The Morgan fingerprint density at radius 2 is 1.25 bits per heavy atom. The number of carbonyl (C=O) groups is 2. The van der Waals surface area contributed by atoms with E-state index in [-0.39, 0.29) is 6.61 Å². The van der Waals surface area contributed by atoms with E-state index in [4.69, 9.17) is 9.47 Å². The molecular weight excluding hydrogens is 676 g/mol. The Morgan fingerprint density at radius 1 is 0.774 bits per heavy atom. The molecule has 0 fully saturated rings. The molecule has 2 aromatic carbocycles. The van der Waals surface area contributed by atoms with Crippen LogP contribution in [0.2, 0.25) is 0 Å². The van der Waals surface area contributed by atoms with E-state index in [1.54, 1.807) is 28.6 Å². The third kappa shape index (κ3) is 7.11. The summed E-state index contributed by atoms with van der Waals surface area (Å²) in [4.78, 5) is 36.5. The maximum atomic E-state index is 13.7. The summed E-state index contributed by atoms with van der Waals surface area (Å²) >= 11 is 0. The van der Waals surface area contributed by atoms with Gasteiger partial charge in [0.1, 0.15) is 33.9 Å². The molecule has 0 aliphatic heterocycles. The summed E-state index contributed by atoms with van der Waals surface area (Å²) in [6.07, 6.45) is 4.44. The first-order valence-corrected chi connectivity index (χ1v) is 17.7. The van der Waals surface area contributed by atoms with E-state index in [1.807, 2.05) is 109 Å². The van der Waals surface area contributed by atoms with E-state index in [1.165, 1.54) is 0 Å². The summed E-state index contributed by atoms with van der Waals surface area (Å²) in [5, 5.41) is 18.3. The number of ether oxygens (including phenoxy) is 2. The highest BCUT2D eigenvalue weighted by Gasteiger charge is 2.19. The predicted octanol–water partition coefficient (Wildman–Crippen LogP) is 3.83. The molecule has 0 atom stereocenters. The lowest BCUT2D eigenvalue weighted by molar-refractivity contribution is 0.0977. The first kappa shape index (κ1) is 36.8. The lowest BCUT2D eigenvalue weighted by Gasteiger charge is -2.09. The number of aromatic nitrogens is 8. The maximum Gasteiger partial charge on any atom is 0.298 e. The van der Waals surface area contributed by atoms with Gasteiger partial charge < -0.3 is 32.8 Å². The number of methoxy groups -OCH3 is 1. The third-order valence-electron chi connectivity index (χ3n) is 9.07. The monoisotopic (exact) mass is 722 g/mol. The molecule has 0 unspecified atom stereocenters. The summed E-state index contributed by atoms with van der Waals surface area (Å²) in [7, 11) is 5.35. The molecule has 6 aromatic rings. The van der Waals surface area contributed by atoms with Crippen molar-refractivity contribution in [1.82, 2.24) is 37.8 Å². The molecule has 0 bridgehead atoms. The van der Waals surface area contributed by atoms with Crippen LogP contribution < -0.4 is 20.7 Å². The smallest absolute Gasteiger partial charge is 0.298 e. The Balaban J connectivity index is 1.45. The SMILES string of the molecule is CCn1nc(C)cc1C(=O)N=c1n(C)c2cccc(OC)c2n1C/C=C/Cn1c(=NC(=O)c2cc(C)nn2CC)n(C)c2cccc(OCCCO)c21. The highest BCUT2D eigenvalue weighted by molar-refractivity contribution is 5.94. The molecule has 4 aromatic heterocycles. The third-order valence-corrected chi connectivity index (χ3v) is 9.07. The van der Waals surface area contributed by atoms with Gasteiger partial charge in [0, 0.05) is 53.3 Å². The fraction of sp³-hybridized carbons (Fsp3) is 0.368. The van der Waals surface area contributed by atoms with E-state index in [2.05, 4.69) is 20.2 Å². The van der Waals surface area contributed by atoms with Crippen molar-refractivity contribution in [2.75, 3.05) is 20.3 Å². The van der Waals surface area contributed by atoms with Gasteiger partial charge in [0.05, 0.1) is 36.1 Å². The number of carbonyl (C=O) groups excluding carboxylic acids is 2. The normalized spacial score (nSPS) is 12.6. The summed E-state index contributed by atoms with van der Waals surface area (Å²) in [6.45, 7) is 9.64. The second-order valence-corrected chi connectivity index (χ2v) is 12.6. The van der Waals surface area contributed by atoms with Gasteiger partial charge in [-0.2, -0.15) is 20.2 Å². The van der Waals surface area contributed by atoms with Crippen molar-refractivity contribution in [3.8, 4) is 11.5 Å². The Hall–Kier alpha value is -5.96. The van der Waals surface area contributed by atoms with Gasteiger partial charge in [-0.3, -0.25) is 19.0 Å². The molecular formula is C38H46N10O5. The van der Waals surface area contributed by atoms with Crippen LogP contribution in [0.3, 0.4) is 0 Å². The number of amides is 2. The van der Waals surface area contributed by atoms with Crippen LogP contribution in [0.5, 0.6) is 11.5 Å².